The summed E-state index contributed by atoms with van der Waals surface area (Å²) in [6.07, 6.45) is -0.121. The molecule has 2 aromatic carbocycles. The highest BCUT2D eigenvalue weighted by Gasteiger charge is 2.39. The summed E-state index contributed by atoms with van der Waals surface area (Å²) >= 11 is 0.932. The molecule has 0 bridgehead atoms. The molecule has 7 nitrogen and oxygen atoms in total. The summed E-state index contributed by atoms with van der Waals surface area (Å²) in [5, 5.41) is 1.99. The highest BCUT2D eigenvalue weighted by atomic mass is 32.2. The molecule has 1 fully saturated rings. The van der Waals surface area contributed by atoms with Crippen LogP contribution in [0.25, 0.3) is 0 Å². The predicted octanol–water partition coefficient (Wildman–Crippen LogP) is 3.17. The lowest BCUT2D eigenvalue weighted by atomic mass is 10.2. The second-order valence-corrected chi connectivity index (χ2v) is 9.33. The molecule has 10 heteroatoms. The van der Waals surface area contributed by atoms with E-state index in [9.17, 15) is 22.4 Å². The SMILES string of the molecule is CCN1C(=O)[C@@H](CC(=O)Nc2ccccc2C)SC1=NS(=O)(=O)c1ccc(F)cc1. The van der Waals surface area contributed by atoms with Crippen LogP contribution in [0, 0.1) is 12.7 Å². The van der Waals surface area contributed by atoms with E-state index in [1.165, 1.54) is 4.90 Å². The first-order valence-electron chi connectivity index (χ1n) is 9.15. The first-order valence-corrected chi connectivity index (χ1v) is 11.5. The Bertz CT molecular complexity index is 1100. The largest absolute Gasteiger partial charge is 0.326 e. The topological polar surface area (TPSA) is 95.9 Å². The maximum absolute atomic E-state index is 13.1. The molecule has 0 unspecified atom stereocenters. The van der Waals surface area contributed by atoms with Crippen LogP contribution in [0.3, 0.4) is 0 Å². The van der Waals surface area contributed by atoms with Gasteiger partial charge in [0.1, 0.15) is 11.1 Å². The monoisotopic (exact) mass is 449 g/mol. The van der Waals surface area contributed by atoms with Crippen molar-refractivity contribution >= 4 is 44.5 Å². The van der Waals surface area contributed by atoms with Crippen LogP contribution in [-0.4, -0.2) is 42.1 Å². The van der Waals surface area contributed by atoms with Crippen LogP contribution in [0.4, 0.5) is 10.1 Å². The minimum absolute atomic E-state index is 0.000478. The maximum atomic E-state index is 13.1. The van der Waals surface area contributed by atoms with Gasteiger partial charge >= 0.3 is 0 Å². The molecule has 0 radical (unpaired) electrons. The number of hydrogen-bond acceptors (Lipinski definition) is 5. The third-order valence-corrected chi connectivity index (χ3v) is 7.01. The lowest BCUT2D eigenvalue weighted by Crippen LogP contribution is -2.33. The highest BCUT2D eigenvalue weighted by molar-refractivity contribution is 8.16. The summed E-state index contributed by atoms with van der Waals surface area (Å²) in [7, 11) is -4.13. The molecular weight excluding hydrogens is 429 g/mol. The number of nitrogens with zero attached hydrogens (tertiary/aromatic N) is 2. The van der Waals surface area contributed by atoms with Gasteiger partial charge in [-0.3, -0.25) is 14.5 Å². The Kier molecular flexibility index (Phi) is 6.57. The van der Waals surface area contributed by atoms with Gasteiger partial charge in [0, 0.05) is 18.7 Å². The fraction of sp³-hybridized carbons (Fsp3) is 0.250. The Balaban J connectivity index is 1.77. The summed E-state index contributed by atoms with van der Waals surface area (Å²) in [5.74, 6) is -1.30. The van der Waals surface area contributed by atoms with E-state index in [0.29, 0.717) is 5.69 Å². The molecule has 3 rings (SSSR count). The first kappa shape index (κ1) is 22.0. The molecule has 0 aliphatic carbocycles. The lowest BCUT2D eigenvalue weighted by Gasteiger charge is -2.13. The summed E-state index contributed by atoms with van der Waals surface area (Å²) in [6, 6.07) is 11.5. The van der Waals surface area contributed by atoms with Crippen molar-refractivity contribution in [2.75, 3.05) is 11.9 Å². The number of rotatable bonds is 6. The van der Waals surface area contributed by atoms with Crippen LogP contribution in [-0.2, 0) is 19.6 Å². The fourth-order valence-corrected chi connectivity index (χ4v) is 5.26. The number of benzene rings is 2. The van der Waals surface area contributed by atoms with Crippen LogP contribution in [0.5, 0.6) is 0 Å². The number of aryl methyl sites for hydroxylation is 1. The molecule has 1 aliphatic heterocycles. The molecule has 30 heavy (non-hydrogen) atoms. The number of carbonyl (C=O) groups is 2. The molecule has 158 valence electrons. The van der Waals surface area contributed by atoms with E-state index in [-0.39, 0.29) is 34.8 Å². The minimum Gasteiger partial charge on any atom is -0.326 e. The average Bonchev–Trinajstić information content (AvgIpc) is 2.97. The quantitative estimate of drug-likeness (QED) is 0.731. The van der Waals surface area contributed by atoms with E-state index in [0.717, 1.165) is 41.6 Å². The van der Waals surface area contributed by atoms with Crippen molar-refractivity contribution in [3.8, 4) is 0 Å². The van der Waals surface area contributed by atoms with Gasteiger partial charge in [0.2, 0.25) is 11.8 Å². The smallest absolute Gasteiger partial charge is 0.284 e. The van der Waals surface area contributed by atoms with Gasteiger partial charge in [0.15, 0.2) is 5.17 Å². The van der Waals surface area contributed by atoms with Crippen molar-refractivity contribution in [3.05, 3.63) is 59.9 Å². The minimum atomic E-state index is -4.13. The van der Waals surface area contributed by atoms with Crippen molar-refractivity contribution in [1.82, 2.24) is 4.90 Å². The van der Waals surface area contributed by atoms with Crippen LogP contribution in [0.1, 0.15) is 18.9 Å². The number of thioether (sulfide) groups is 1. The number of amidine groups is 1. The molecule has 2 aromatic rings. The summed E-state index contributed by atoms with van der Waals surface area (Å²) in [5.41, 5.74) is 1.54. The summed E-state index contributed by atoms with van der Waals surface area (Å²) in [6.45, 7) is 3.75. The average molecular weight is 450 g/mol. The third kappa shape index (κ3) is 4.88. The second kappa shape index (κ2) is 8.97. The predicted molar refractivity (Wildman–Crippen MR) is 114 cm³/mol. The van der Waals surface area contributed by atoms with E-state index in [1.54, 1.807) is 19.1 Å². The van der Waals surface area contributed by atoms with Crippen molar-refractivity contribution in [2.24, 2.45) is 4.40 Å². The second-order valence-electron chi connectivity index (χ2n) is 6.56. The zero-order chi connectivity index (χ0) is 21.9. The number of amides is 2. The third-order valence-electron chi connectivity index (χ3n) is 4.44. The number of carbonyl (C=O) groups excluding carboxylic acids is 2. The Morgan fingerprint density at radius 2 is 1.87 bits per heavy atom. The van der Waals surface area contributed by atoms with Crippen molar-refractivity contribution in [2.45, 2.75) is 30.4 Å². The van der Waals surface area contributed by atoms with Crippen LogP contribution < -0.4 is 5.32 Å². The normalized spacial score (nSPS) is 18.1. The summed E-state index contributed by atoms with van der Waals surface area (Å²) < 4.78 is 41.9. The molecule has 0 saturated carbocycles. The van der Waals surface area contributed by atoms with Crippen LogP contribution in [0.2, 0.25) is 0 Å². The van der Waals surface area contributed by atoms with Gasteiger partial charge in [-0.1, -0.05) is 30.0 Å². The lowest BCUT2D eigenvalue weighted by molar-refractivity contribution is -0.128. The van der Waals surface area contributed by atoms with Gasteiger partial charge in [-0.2, -0.15) is 8.42 Å². The van der Waals surface area contributed by atoms with Crippen LogP contribution >= 0.6 is 11.8 Å². The van der Waals surface area contributed by atoms with Gasteiger partial charge in [0.25, 0.3) is 10.0 Å². The van der Waals surface area contributed by atoms with E-state index < -0.39 is 21.1 Å². The van der Waals surface area contributed by atoms with Crippen molar-refractivity contribution in [1.29, 1.82) is 0 Å². The standard InChI is InChI=1S/C20H20FN3O4S2/c1-3-24-19(26)17(12-18(25)22-16-7-5-4-6-13(16)2)29-20(24)23-30(27,28)15-10-8-14(21)9-11-15/h4-11,17H,3,12H2,1-2H3,(H,22,25)/t17-/m1/s1. The van der Waals surface area contributed by atoms with E-state index in [2.05, 4.69) is 9.71 Å². The number of sulfonamides is 1. The summed E-state index contributed by atoms with van der Waals surface area (Å²) in [4.78, 5) is 26.1. The molecule has 0 aromatic heterocycles. The van der Waals surface area contributed by atoms with Gasteiger partial charge in [-0.15, -0.1) is 4.40 Å². The maximum Gasteiger partial charge on any atom is 0.284 e. The molecule has 1 heterocycles. The molecule has 1 aliphatic rings. The Morgan fingerprint density at radius 1 is 1.20 bits per heavy atom. The van der Waals surface area contributed by atoms with E-state index >= 15 is 0 Å². The number of anilines is 1. The zero-order valence-corrected chi connectivity index (χ0v) is 18.0. The first-order chi connectivity index (χ1) is 14.2. The van der Waals surface area contributed by atoms with Crippen LogP contribution in [0.15, 0.2) is 57.8 Å². The number of nitrogens with one attached hydrogen (secondary N) is 1. The number of hydrogen-bond donors (Lipinski definition) is 1. The number of halogens is 1. The Hall–Kier alpha value is -2.72. The van der Waals surface area contributed by atoms with Gasteiger partial charge in [0.05, 0.1) is 4.90 Å². The Morgan fingerprint density at radius 3 is 2.50 bits per heavy atom. The Labute approximate surface area is 178 Å². The molecule has 1 atom stereocenters. The van der Waals surface area contributed by atoms with Crippen molar-refractivity contribution in [3.63, 3.8) is 0 Å². The highest BCUT2D eigenvalue weighted by Crippen LogP contribution is 2.31. The number of para-hydroxylation sites is 1. The molecule has 1 N–H and O–H groups in total. The van der Waals surface area contributed by atoms with Gasteiger partial charge < -0.3 is 5.32 Å². The fourth-order valence-electron chi connectivity index (χ4n) is 2.85. The van der Waals surface area contributed by atoms with Crippen molar-refractivity contribution < 1.29 is 22.4 Å². The molecule has 0 spiro atoms. The molecule has 2 amide bonds. The van der Waals surface area contributed by atoms with Gasteiger partial charge in [-0.25, -0.2) is 4.39 Å². The van der Waals surface area contributed by atoms with E-state index in [4.69, 9.17) is 0 Å². The zero-order valence-electron chi connectivity index (χ0n) is 16.3. The molecule has 1 saturated heterocycles. The van der Waals surface area contributed by atoms with Gasteiger partial charge in [-0.05, 0) is 49.7 Å². The molecular formula is C20H20FN3O4S2. The van der Waals surface area contributed by atoms with E-state index in [1.807, 2.05) is 19.1 Å².